The molecule has 0 aliphatic heterocycles. The summed E-state index contributed by atoms with van der Waals surface area (Å²) >= 11 is 12.9. The summed E-state index contributed by atoms with van der Waals surface area (Å²) in [5, 5.41) is 23.1. The standard InChI is InChI=1S/C40H46Cl2N2O6/c1-43(2)23-11-21-39(29-13-7-5-8-14-29,33-25-31(41)17-19-35(33)45)27-49-37(47)38(48)50-28-40(22-12-24-44(3)4,30-15-9-6-10-16-30)34-26-32(42)18-20-36(34)46/h5-10,13-20,25-26,45-46H,11-12,21-24,27-28H2,1-4H3. The number of carbonyl (C=O) groups is 2. The number of hydrogen-bond donors (Lipinski definition) is 2. The van der Waals surface area contributed by atoms with Gasteiger partial charge in [0, 0.05) is 21.2 Å². The van der Waals surface area contributed by atoms with Crippen LogP contribution in [0.2, 0.25) is 10.0 Å². The molecule has 0 aromatic heterocycles. The molecule has 266 valence electrons. The average Bonchev–Trinajstić information content (AvgIpc) is 3.10. The van der Waals surface area contributed by atoms with Gasteiger partial charge >= 0.3 is 11.9 Å². The van der Waals surface area contributed by atoms with E-state index in [1.165, 1.54) is 12.1 Å². The van der Waals surface area contributed by atoms with Gasteiger partial charge in [0.05, 0.1) is 10.8 Å². The smallest absolute Gasteiger partial charge is 0.417 e. The summed E-state index contributed by atoms with van der Waals surface area (Å²) in [6.45, 7) is 0.956. The van der Waals surface area contributed by atoms with Gasteiger partial charge in [0.2, 0.25) is 0 Å². The van der Waals surface area contributed by atoms with Crippen molar-refractivity contribution in [1.82, 2.24) is 9.80 Å². The zero-order chi connectivity index (χ0) is 36.3. The molecule has 50 heavy (non-hydrogen) atoms. The Morgan fingerprint density at radius 3 is 1.30 bits per heavy atom. The lowest BCUT2D eigenvalue weighted by molar-refractivity contribution is -0.169. The van der Waals surface area contributed by atoms with Gasteiger partial charge in [-0.3, -0.25) is 0 Å². The first-order chi connectivity index (χ1) is 23.9. The van der Waals surface area contributed by atoms with Gasteiger partial charge in [0.1, 0.15) is 24.7 Å². The van der Waals surface area contributed by atoms with Gasteiger partial charge < -0.3 is 29.5 Å². The molecule has 0 spiro atoms. The van der Waals surface area contributed by atoms with Crippen molar-refractivity contribution in [3.8, 4) is 11.5 Å². The molecule has 8 nitrogen and oxygen atoms in total. The fourth-order valence-corrected chi connectivity index (χ4v) is 6.87. The summed E-state index contributed by atoms with van der Waals surface area (Å²) in [5.41, 5.74) is 0.479. The Kier molecular flexibility index (Phi) is 13.7. The van der Waals surface area contributed by atoms with Crippen LogP contribution in [0.25, 0.3) is 0 Å². The molecule has 4 aromatic rings. The lowest BCUT2D eigenvalue weighted by Gasteiger charge is -2.36. The molecule has 0 heterocycles. The largest absolute Gasteiger partial charge is 0.508 e. The zero-order valence-electron chi connectivity index (χ0n) is 29.1. The minimum absolute atomic E-state index is 0.00608. The first-order valence-corrected chi connectivity index (χ1v) is 17.4. The highest BCUT2D eigenvalue weighted by Crippen LogP contribution is 2.44. The molecule has 2 unspecified atom stereocenters. The molecule has 0 saturated heterocycles. The van der Waals surface area contributed by atoms with Crippen LogP contribution in [0.4, 0.5) is 0 Å². The Morgan fingerprint density at radius 2 is 0.960 bits per heavy atom. The molecule has 0 bridgehead atoms. The molecular weight excluding hydrogens is 675 g/mol. The normalized spacial score (nSPS) is 13.8. The third kappa shape index (κ3) is 9.58. The molecule has 0 aliphatic carbocycles. The molecule has 4 rings (SSSR count). The van der Waals surface area contributed by atoms with E-state index in [9.17, 15) is 19.8 Å². The summed E-state index contributed by atoms with van der Waals surface area (Å²) in [5.74, 6) is -2.36. The number of aromatic hydroxyl groups is 2. The molecular formula is C40H46Cl2N2O6. The van der Waals surface area contributed by atoms with E-state index in [1.54, 1.807) is 24.3 Å². The van der Waals surface area contributed by atoms with Crippen LogP contribution < -0.4 is 0 Å². The summed E-state index contributed by atoms with van der Waals surface area (Å²) < 4.78 is 11.6. The predicted octanol–water partition coefficient (Wildman–Crippen LogP) is 7.45. The molecule has 0 amide bonds. The van der Waals surface area contributed by atoms with Crippen molar-refractivity contribution in [2.45, 2.75) is 36.5 Å². The van der Waals surface area contributed by atoms with Crippen molar-refractivity contribution in [2.75, 3.05) is 54.5 Å². The summed E-state index contributed by atoms with van der Waals surface area (Å²) in [4.78, 5) is 31.2. The SMILES string of the molecule is CN(C)CCCC(COC(=O)C(=O)OCC(CCCN(C)C)(c1ccccc1)c1cc(Cl)ccc1O)(c1ccccc1)c1cc(Cl)ccc1O. The molecule has 0 aliphatic rings. The topological polar surface area (TPSA) is 99.5 Å². The maximum atomic E-state index is 13.5. The van der Waals surface area contributed by atoms with E-state index in [4.69, 9.17) is 32.7 Å². The van der Waals surface area contributed by atoms with Gasteiger partial charge in [-0.25, -0.2) is 9.59 Å². The maximum Gasteiger partial charge on any atom is 0.417 e. The highest BCUT2D eigenvalue weighted by molar-refractivity contribution is 6.31. The number of benzene rings is 4. The Labute approximate surface area is 305 Å². The van der Waals surface area contributed by atoms with Gasteiger partial charge in [-0.05, 0) is 114 Å². The second-order valence-electron chi connectivity index (χ2n) is 13.2. The number of nitrogens with zero attached hydrogens (tertiary/aromatic N) is 2. The number of phenols is 2. The third-order valence-corrected chi connectivity index (χ3v) is 9.56. The zero-order valence-corrected chi connectivity index (χ0v) is 30.6. The number of halogens is 2. The number of esters is 2. The molecule has 4 aromatic carbocycles. The number of hydrogen-bond acceptors (Lipinski definition) is 8. The van der Waals surface area contributed by atoms with Crippen LogP contribution in [-0.4, -0.2) is 86.4 Å². The fraction of sp³-hybridized carbons (Fsp3) is 0.350. The first kappa shape index (κ1) is 38.7. The van der Waals surface area contributed by atoms with E-state index in [0.29, 0.717) is 46.9 Å². The summed E-state index contributed by atoms with van der Waals surface area (Å²) in [6.07, 6.45) is 2.32. The van der Waals surface area contributed by atoms with E-state index < -0.39 is 22.8 Å². The average molecular weight is 722 g/mol. The van der Waals surface area contributed by atoms with Gasteiger partial charge in [-0.2, -0.15) is 0 Å². The number of carbonyl (C=O) groups excluding carboxylic acids is 2. The van der Waals surface area contributed by atoms with Crippen molar-refractivity contribution in [3.05, 3.63) is 129 Å². The minimum Gasteiger partial charge on any atom is -0.508 e. The Bertz CT molecular complexity index is 1590. The number of rotatable bonds is 16. The van der Waals surface area contributed by atoms with Crippen LogP contribution in [-0.2, 0) is 29.9 Å². The second kappa shape index (κ2) is 17.7. The Morgan fingerprint density at radius 1 is 0.600 bits per heavy atom. The second-order valence-corrected chi connectivity index (χ2v) is 14.1. The van der Waals surface area contributed by atoms with E-state index in [0.717, 1.165) is 24.2 Å². The van der Waals surface area contributed by atoms with Crippen molar-refractivity contribution >= 4 is 35.1 Å². The quantitative estimate of drug-likeness (QED) is 0.0910. The fourth-order valence-electron chi connectivity index (χ4n) is 6.52. The lowest BCUT2D eigenvalue weighted by atomic mass is 9.71. The first-order valence-electron chi connectivity index (χ1n) is 16.6. The summed E-state index contributed by atoms with van der Waals surface area (Å²) in [7, 11) is 7.87. The van der Waals surface area contributed by atoms with Crippen molar-refractivity contribution in [3.63, 3.8) is 0 Å². The summed E-state index contributed by atoms with van der Waals surface area (Å²) in [6, 6.07) is 28.4. The number of phenolic OH excluding ortho intramolecular Hbond substituents is 2. The Balaban J connectivity index is 1.67. The Hall–Kier alpha value is -4.08. The highest BCUT2D eigenvalue weighted by Gasteiger charge is 2.41. The number of ether oxygens (including phenoxy) is 2. The van der Waals surface area contributed by atoms with Crippen molar-refractivity contribution in [1.29, 1.82) is 0 Å². The van der Waals surface area contributed by atoms with Crippen LogP contribution in [0.3, 0.4) is 0 Å². The lowest BCUT2D eigenvalue weighted by Crippen LogP contribution is -2.39. The molecule has 0 saturated carbocycles. The van der Waals surface area contributed by atoms with Crippen LogP contribution in [0, 0.1) is 0 Å². The van der Waals surface area contributed by atoms with Crippen LogP contribution in [0.15, 0.2) is 97.1 Å². The molecule has 10 heteroatoms. The van der Waals surface area contributed by atoms with Crippen LogP contribution in [0.1, 0.15) is 47.9 Å². The molecule has 2 atom stereocenters. The van der Waals surface area contributed by atoms with Gasteiger partial charge in [0.15, 0.2) is 0 Å². The van der Waals surface area contributed by atoms with Gasteiger partial charge in [-0.15, -0.1) is 0 Å². The molecule has 2 N–H and O–H groups in total. The minimum atomic E-state index is -1.18. The van der Waals surface area contributed by atoms with E-state index >= 15 is 0 Å². The van der Waals surface area contributed by atoms with Crippen molar-refractivity contribution in [2.24, 2.45) is 0 Å². The van der Waals surface area contributed by atoms with E-state index in [-0.39, 0.29) is 24.7 Å². The molecule has 0 fully saturated rings. The highest BCUT2D eigenvalue weighted by atomic mass is 35.5. The van der Waals surface area contributed by atoms with Crippen molar-refractivity contribution < 1.29 is 29.3 Å². The maximum absolute atomic E-state index is 13.5. The third-order valence-electron chi connectivity index (χ3n) is 9.08. The van der Waals surface area contributed by atoms with E-state index in [1.807, 2.05) is 98.7 Å². The predicted molar refractivity (Wildman–Crippen MR) is 198 cm³/mol. The van der Waals surface area contributed by atoms with Crippen LogP contribution in [0.5, 0.6) is 11.5 Å². The van der Waals surface area contributed by atoms with Gasteiger partial charge in [-0.1, -0.05) is 83.9 Å². The molecule has 0 radical (unpaired) electrons. The van der Waals surface area contributed by atoms with Gasteiger partial charge in [0.25, 0.3) is 0 Å². The van der Waals surface area contributed by atoms with Crippen LogP contribution >= 0.6 is 23.2 Å². The van der Waals surface area contributed by atoms with E-state index in [2.05, 4.69) is 0 Å². The monoisotopic (exact) mass is 720 g/mol.